The third-order valence-corrected chi connectivity index (χ3v) is 2.45. The molecule has 0 spiro atoms. The van der Waals surface area contributed by atoms with Crippen molar-refractivity contribution < 1.29 is 0 Å². The van der Waals surface area contributed by atoms with Crippen LogP contribution in [0, 0.1) is 0 Å². The molecular formula is C11H12N2O. The molecule has 0 saturated carbocycles. The molecule has 0 atom stereocenters. The van der Waals surface area contributed by atoms with Crippen LogP contribution in [0.1, 0.15) is 12.5 Å². The van der Waals surface area contributed by atoms with Crippen molar-refractivity contribution in [3.63, 3.8) is 0 Å². The van der Waals surface area contributed by atoms with Gasteiger partial charge < -0.3 is 4.57 Å². The Morgan fingerprint density at radius 1 is 1.43 bits per heavy atom. The molecule has 2 aromatic heterocycles. The van der Waals surface area contributed by atoms with Gasteiger partial charge in [0, 0.05) is 31.0 Å². The van der Waals surface area contributed by atoms with Crippen LogP contribution in [0.2, 0.25) is 0 Å². The first-order chi connectivity index (χ1) is 6.74. The van der Waals surface area contributed by atoms with E-state index in [0.717, 1.165) is 22.8 Å². The number of nitrogens with zero attached hydrogens (tertiary/aromatic N) is 2. The van der Waals surface area contributed by atoms with Crippen molar-refractivity contribution in [3.8, 4) is 0 Å². The number of pyridine rings is 2. The second-order valence-corrected chi connectivity index (χ2v) is 3.35. The number of fused-ring (bicyclic) bond motifs is 1. The Morgan fingerprint density at radius 3 is 2.93 bits per heavy atom. The molecule has 14 heavy (non-hydrogen) atoms. The molecule has 0 N–H and O–H groups in total. The van der Waals surface area contributed by atoms with Crippen LogP contribution in [0.4, 0.5) is 0 Å². The van der Waals surface area contributed by atoms with Crippen LogP contribution in [-0.2, 0) is 13.5 Å². The van der Waals surface area contributed by atoms with Gasteiger partial charge in [-0.05, 0) is 18.1 Å². The van der Waals surface area contributed by atoms with Gasteiger partial charge in [0.15, 0.2) is 0 Å². The van der Waals surface area contributed by atoms with Gasteiger partial charge in [0.1, 0.15) is 0 Å². The molecule has 0 bridgehead atoms. The zero-order valence-electron chi connectivity index (χ0n) is 8.32. The van der Waals surface area contributed by atoms with Crippen molar-refractivity contribution in [1.29, 1.82) is 0 Å². The molecule has 2 heterocycles. The number of aryl methyl sites for hydroxylation is 2. The summed E-state index contributed by atoms with van der Waals surface area (Å²) in [5, 5.41) is 1.72. The quantitative estimate of drug-likeness (QED) is 0.679. The summed E-state index contributed by atoms with van der Waals surface area (Å²) in [4.78, 5) is 15.8. The van der Waals surface area contributed by atoms with Crippen LogP contribution < -0.4 is 5.56 Å². The highest BCUT2D eigenvalue weighted by molar-refractivity contribution is 5.83. The monoisotopic (exact) mass is 188 g/mol. The van der Waals surface area contributed by atoms with Crippen molar-refractivity contribution in [3.05, 3.63) is 40.6 Å². The lowest BCUT2D eigenvalue weighted by Crippen LogP contribution is -2.17. The van der Waals surface area contributed by atoms with Gasteiger partial charge in [-0.15, -0.1) is 0 Å². The smallest absolute Gasteiger partial charge is 0.258 e. The Bertz CT molecular complexity index is 528. The molecule has 3 heteroatoms. The maximum Gasteiger partial charge on any atom is 0.258 e. The van der Waals surface area contributed by atoms with E-state index >= 15 is 0 Å². The Kier molecular flexibility index (Phi) is 2.08. The minimum absolute atomic E-state index is 0.0413. The second kappa shape index (κ2) is 3.25. The van der Waals surface area contributed by atoms with Gasteiger partial charge in [-0.1, -0.05) is 6.92 Å². The average molecular weight is 188 g/mol. The van der Waals surface area contributed by atoms with Gasteiger partial charge in [0.25, 0.3) is 5.56 Å². The summed E-state index contributed by atoms with van der Waals surface area (Å²) in [7, 11) is 1.78. The average Bonchev–Trinajstić information content (AvgIpc) is 2.23. The van der Waals surface area contributed by atoms with Crippen molar-refractivity contribution in [1.82, 2.24) is 9.55 Å². The Balaban J connectivity index is 2.97. The normalized spacial score (nSPS) is 10.7. The SMILES string of the molecule is CCc1cn(C)c(=O)c2ccncc12. The van der Waals surface area contributed by atoms with Gasteiger partial charge in [-0.2, -0.15) is 0 Å². The number of hydrogen-bond donors (Lipinski definition) is 0. The summed E-state index contributed by atoms with van der Waals surface area (Å²) >= 11 is 0. The summed E-state index contributed by atoms with van der Waals surface area (Å²) < 4.78 is 1.63. The van der Waals surface area contributed by atoms with E-state index in [1.165, 1.54) is 0 Å². The molecular weight excluding hydrogens is 176 g/mol. The predicted octanol–water partition coefficient (Wildman–Crippen LogP) is 1.50. The summed E-state index contributed by atoms with van der Waals surface area (Å²) in [6, 6.07) is 1.77. The lowest BCUT2D eigenvalue weighted by molar-refractivity contribution is 0.856. The highest BCUT2D eigenvalue weighted by Gasteiger charge is 2.04. The van der Waals surface area contributed by atoms with Crippen LogP contribution in [-0.4, -0.2) is 9.55 Å². The zero-order valence-corrected chi connectivity index (χ0v) is 8.32. The predicted molar refractivity (Wildman–Crippen MR) is 56.4 cm³/mol. The summed E-state index contributed by atoms with van der Waals surface area (Å²) in [5.74, 6) is 0. The topological polar surface area (TPSA) is 34.9 Å². The minimum Gasteiger partial charge on any atom is -0.318 e. The van der Waals surface area contributed by atoms with Crippen LogP contribution in [0.25, 0.3) is 10.8 Å². The standard InChI is InChI=1S/C11H12N2O/c1-3-8-7-13(2)11(14)9-4-5-12-6-10(8)9/h4-7H,3H2,1-2H3. The van der Waals surface area contributed by atoms with Crippen LogP contribution in [0.3, 0.4) is 0 Å². The maximum atomic E-state index is 11.7. The van der Waals surface area contributed by atoms with E-state index in [0.29, 0.717) is 0 Å². The third-order valence-electron chi connectivity index (χ3n) is 2.45. The molecule has 0 aliphatic heterocycles. The first-order valence-electron chi connectivity index (χ1n) is 4.66. The van der Waals surface area contributed by atoms with Crippen molar-refractivity contribution in [2.75, 3.05) is 0 Å². The fraction of sp³-hybridized carbons (Fsp3) is 0.273. The summed E-state index contributed by atoms with van der Waals surface area (Å²) in [6.07, 6.45) is 6.21. The lowest BCUT2D eigenvalue weighted by atomic mass is 10.1. The molecule has 0 aliphatic rings. The molecule has 2 aromatic rings. The van der Waals surface area contributed by atoms with Crippen LogP contribution in [0.5, 0.6) is 0 Å². The molecule has 0 fully saturated rings. The van der Waals surface area contributed by atoms with E-state index in [9.17, 15) is 4.79 Å². The van der Waals surface area contributed by atoms with E-state index in [1.807, 2.05) is 6.20 Å². The number of aromatic nitrogens is 2. The summed E-state index contributed by atoms with van der Waals surface area (Å²) in [5.41, 5.74) is 1.20. The van der Waals surface area contributed by atoms with E-state index in [1.54, 1.807) is 30.1 Å². The maximum absolute atomic E-state index is 11.7. The molecule has 72 valence electrons. The van der Waals surface area contributed by atoms with Crippen molar-refractivity contribution in [2.45, 2.75) is 13.3 Å². The van der Waals surface area contributed by atoms with Gasteiger partial charge in [-0.3, -0.25) is 9.78 Å². The van der Waals surface area contributed by atoms with Gasteiger partial charge in [-0.25, -0.2) is 0 Å². The summed E-state index contributed by atoms with van der Waals surface area (Å²) in [6.45, 7) is 2.08. The molecule has 2 rings (SSSR count). The van der Waals surface area contributed by atoms with Crippen molar-refractivity contribution >= 4 is 10.8 Å². The van der Waals surface area contributed by atoms with Crippen LogP contribution in [0.15, 0.2) is 29.5 Å². The lowest BCUT2D eigenvalue weighted by Gasteiger charge is -2.06. The van der Waals surface area contributed by atoms with Gasteiger partial charge in [0.05, 0.1) is 5.39 Å². The first kappa shape index (κ1) is 8.94. The number of rotatable bonds is 1. The third kappa shape index (κ3) is 1.21. The first-order valence-corrected chi connectivity index (χ1v) is 4.66. The highest BCUT2D eigenvalue weighted by Crippen LogP contribution is 2.13. The molecule has 0 aromatic carbocycles. The molecule has 0 radical (unpaired) electrons. The number of hydrogen-bond acceptors (Lipinski definition) is 2. The highest BCUT2D eigenvalue weighted by atomic mass is 16.1. The van der Waals surface area contributed by atoms with Gasteiger partial charge in [0.2, 0.25) is 0 Å². The molecule has 3 nitrogen and oxygen atoms in total. The van der Waals surface area contributed by atoms with E-state index < -0.39 is 0 Å². The molecule has 0 saturated heterocycles. The molecule has 0 unspecified atom stereocenters. The van der Waals surface area contributed by atoms with E-state index in [-0.39, 0.29) is 5.56 Å². The Hall–Kier alpha value is -1.64. The molecule has 0 aliphatic carbocycles. The van der Waals surface area contributed by atoms with Crippen molar-refractivity contribution in [2.24, 2.45) is 7.05 Å². The zero-order chi connectivity index (χ0) is 10.1. The molecule has 0 amide bonds. The largest absolute Gasteiger partial charge is 0.318 e. The Morgan fingerprint density at radius 2 is 2.21 bits per heavy atom. The fourth-order valence-electron chi connectivity index (χ4n) is 1.67. The Labute approximate surface area is 82.0 Å². The minimum atomic E-state index is 0.0413. The van der Waals surface area contributed by atoms with E-state index in [4.69, 9.17) is 0 Å². The fourth-order valence-corrected chi connectivity index (χ4v) is 1.67. The van der Waals surface area contributed by atoms with Crippen LogP contribution >= 0.6 is 0 Å². The van der Waals surface area contributed by atoms with Gasteiger partial charge >= 0.3 is 0 Å². The van der Waals surface area contributed by atoms with E-state index in [2.05, 4.69) is 11.9 Å². The second-order valence-electron chi connectivity index (χ2n) is 3.35.